The molecule has 134 valence electrons. The molecular formula is C16H19ClN4O2S2. The minimum absolute atomic E-state index is 0.00494. The monoisotopic (exact) mass is 398 g/mol. The standard InChI is InChI=1S/C16H19ClN4O2S2/c17-13-4-2-1-3-12(13)11-18-14(22)5-10-24-16-20-19-15(25-16)21-6-8-23-9-7-21/h1-4H,5-11H2,(H,18,22). The second-order valence-corrected chi connectivity index (χ2v) is 8.12. The van der Waals surface area contributed by atoms with E-state index in [1.807, 2.05) is 24.3 Å². The van der Waals surface area contributed by atoms with Crippen LogP contribution in [-0.4, -0.2) is 48.2 Å². The van der Waals surface area contributed by atoms with Crippen LogP contribution in [0, 0.1) is 0 Å². The molecule has 25 heavy (non-hydrogen) atoms. The molecule has 0 bridgehead atoms. The maximum absolute atomic E-state index is 11.9. The number of morpholine rings is 1. The number of benzene rings is 1. The van der Waals surface area contributed by atoms with Crippen LogP contribution in [0.5, 0.6) is 0 Å². The van der Waals surface area contributed by atoms with E-state index in [0.717, 1.165) is 41.3 Å². The second kappa shape index (κ2) is 9.38. The number of anilines is 1. The third kappa shape index (κ3) is 5.57. The van der Waals surface area contributed by atoms with Crippen molar-refractivity contribution in [2.24, 2.45) is 0 Å². The molecule has 1 aliphatic heterocycles. The zero-order valence-corrected chi connectivity index (χ0v) is 16.0. The van der Waals surface area contributed by atoms with Crippen LogP contribution in [-0.2, 0) is 16.1 Å². The Balaban J connectivity index is 1.38. The first-order valence-corrected chi connectivity index (χ1v) is 10.2. The summed E-state index contributed by atoms with van der Waals surface area (Å²) in [6, 6.07) is 7.51. The highest BCUT2D eigenvalue weighted by atomic mass is 35.5. The lowest BCUT2D eigenvalue weighted by molar-refractivity contribution is -0.120. The number of carbonyl (C=O) groups is 1. The zero-order chi connectivity index (χ0) is 17.5. The van der Waals surface area contributed by atoms with Crippen LogP contribution in [0.25, 0.3) is 0 Å². The van der Waals surface area contributed by atoms with Crippen molar-refractivity contribution in [1.82, 2.24) is 15.5 Å². The molecule has 0 radical (unpaired) electrons. The topological polar surface area (TPSA) is 67.4 Å². The van der Waals surface area contributed by atoms with Crippen LogP contribution < -0.4 is 10.2 Å². The summed E-state index contributed by atoms with van der Waals surface area (Å²) in [7, 11) is 0. The van der Waals surface area contributed by atoms with E-state index >= 15 is 0 Å². The minimum atomic E-state index is 0.00494. The Hall–Kier alpha value is -1.35. The van der Waals surface area contributed by atoms with Crippen molar-refractivity contribution in [3.8, 4) is 0 Å². The van der Waals surface area contributed by atoms with Crippen molar-refractivity contribution in [3.05, 3.63) is 34.9 Å². The number of thioether (sulfide) groups is 1. The van der Waals surface area contributed by atoms with Crippen LogP contribution in [0.15, 0.2) is 28.6 Å². The van der Waals surface area contributed by atoms with Gasteiger partial charge in [0.1, 0.15) is 0 Å². The number of amides is 1. The Kier molecular flexibility index (Phi) is 6.92. The van der Waals surface area contributed by atoms with Gasteiger partial charge in [0.15, 0.2) is 4.34 Å². The highest BCUT2D eigenvalue weighted by molar-refractivity contribution is 8.01. The Morgan fingerprint density at radius 1 is 1.32 bits per heavy atom. The van der Waals surface area contributed by atoms with E-state index in [-0.39, 0.29) is 5.91 Å². The van der Waals surface area contributed by atoms with Crippen LogP contribution in [0.4, 0.5) is 5.13 Å². The Morgan fingerprint density at radius 2 is 2.12 bits per heavy atom. The average molecular weight is 399 g/mol. The Bertz CT molecular complexity index is 707. The van der Waals surface area contributed by atoms with E-state index < -0.39 is 0 Å². The molecule has 1 amide bonds. The number of nitrogens with one attached hydrogen (secondary N) is 1. The number of aromatic nitrogens is 2. The van der Waals surface area contributed by atoms with E-state index in [1.165, 1.54) is 0 Å². The van der Waals surface area contributed by atoms with Gasteiger partial charge in [0, 0.05) is 36.8 Å². The van der Waals surface area contributed by atoms with Crippen molar-refractivity contribution in [2.45, 2.75) is 17.3 Å². The summed E-state index contributed by atoms with van der Waals surface area (Å²) in [5.41, 5.74) is 0.921. The molecule has 9 heteroatoms. The molecule has 1 fully saturated rings. The molecule has 1 N–H and O–H groups in total. The lowest BCUT2D eigenvalue weighted by Crippen LogP contribution is -2.36. The first-order valence-electron chi connectivity index (χ1n) is 8.01. The largest absolute Gasteiger partial charge is 0.378 e. The van der Waals surface area contributed by atoms with Crippen LogP contribution in [0.1, 0.15) is 12.0 Å². The Morgan fingerprint density at radius 3 is 2.92 bits per heavy atom. The van der Waals surface area contributed by atoms with Crippen LogP contribution in [0.3, 0.4) is 0 Å². The molecule has 1 saturated heterocycles. The van der Waals surface area contributed by atoms with Gasteiger partial charge in [-0.25, -0.2) is 0 Å². The van der Waals surface area contributed by atoms with E-state index in [2.05, 4.69) is 20.4 Å². The van der Waals surface area contributed by atoms with E-state index in [1.54, 1.807) is 23.1 Å². The molecule has 1 aromatic carbocycles. The van der Waals surface area contributed by atoms with Gasteiger partial charge in [0.25, 0.3) is 0 Å². The van der Waals surface area contributed by atoms with Crippen LogP contribution >= 0.6 is 34.7 Å². The lowest BCUT2D eigenvalue weighted by atomic mass is 10.2. The van der Waals surface area contributed by atoms with Gasteiger partial charge in [-0.15, -0.1) is 10.2 Å². The summed E-state index contributed by atoms with van der Waals surface area (Å²) in [5.74, 6) is 0.678. The summed E-state index contributed by atoms with van der Waals surface area (Å²) in [5, 5.41) is 12.9. The van der Waals surface area contributed by atoms with Crippen LogP contribution in [0.2, 0.25) is 5.02 Å². The van der Waals surface area contributed by atoms with Crippen molar-refractivity contribution in [1.29, 1.82) is 0 Å². The SMILES string of the molecule is O=C(CCSc1nnc(N2CCOCC2)s1)NCc1ccccc1Cl. The summed E-state index contributed by atoms with van der Waals surface area (Å²) in [6.45, 7) is 3.61. The third-order valence-electron chi connectivity index (χ3n) is 3.67. The van der Waals surface area contributed by atoms with E-state index in [9.17, 15) is 4.79 Å². The molecule has 0 spiro atoms. The van der Waals surface area contributed by atoms with Gasteiger partial charge in [0.05, 0.1) is 13.2 Å². The fraction of sp³-hybridized carbons (Fsp3) is 0.438. The molecule has 2 heterocycles. The predicted octanol–water partition coefficient (Wildman–Crippen LogP) is 2.83. The molecule has 1 aliphatic rings. The molecule has 0 atom stereocenters. The average Bonchev–Trinajstić information content (AvgIpc) is 3.11. The summed E-state index contributed by atoms with van der Waals surface area (Å²) in [4.78, 5) is 14.1. The molecule has 0 unspecified atom stereocenters. The van der Waals surface area contributed by atoms with E-state index in [0.29, 0.717) is 23.7 Å². The van der Waals surface area contributed by atoms with E-state index in [4.69, 9.17) is 16.3 Å². The molecule has 6 nitrogen and oxygen atoms in total. The number of rotatable bonds is 7. The number of nitrogens with zero attached hydrogens (tertiary/aromatic N) is 3. The highest BCUT2D eigenvalue weighted by Gasteiger charge is 2.16. The fourth-order valence-corrected chi connectivity index (χ4v) is 4.40. The maximum atomic E-state index is 11.9. The number of hydrogen-bond donors (Lipinski definition) is 1. The summed E-state index contributed by atoms with van der Waals surface area (Å²) in [6.07, 6.45) is 0.432. The fourth-order valence-electron chi connectivity index (χ4n) is 2.30. The Labute approximate surface area is 159 Å². The van der Waals surface area contributed by atoms with Gasteiger partial charge in [-0.05, 0) is 11.6 Å². The molecular weight excluding hydrogens is 380 g/mol. The smallest absolute Gasteiger partial charge is 0.221 e. The summed E-state index contributed by atoms with van der Waals surface area (Å²) >= 11 is 9.20. The van der Waals surface area contributed by atoms with Gasteiger partial charge in [0.2, 0.25) is 11.0 Å². The van der Waals surface area contributed by atoms with Crippen molar-refractivity contribution < 1.29 is 9.53 Å². The minimum Gasteiger partial charge on any atom is -0.378 e. The molecule has 2 aromatic rings. The molecule has 1 aromatic heterocycles. The second-order valence-electron chi connectivity index (χ2n) is 5.42. The maximum Gasteiger partial charge on any atom is 0.221 e. The lowest BCUT2D eigenvalue weighted by Gasteiger charge is -2.25. The van der Waals surface area contributed by atoms with Crippen molar-refractivity contribution >= 4 is 45.7 Å². The number of halogens is 1. The molecule has 0 aliphatic carbocycles. The van der Waals surface area contributed by atoms with Gasteiger partial charge in [-0.1, -0.05) is 52.9 Å². The van der Waals surface area contributed by atoms with Gasteiger partial charge < -0.3 is 15.0 Å². The first kappa shape index (κ1) is 18.4. The predicted molar refractivity (Wildman–Crippen MR) is 102 cm³/mol. The van der Waals surface area contributed by atoms with Gasteiger partial charge >= 0.3 is 0 Å². The highest BCUT2D eigenvalue weighted by Crippen LogP contribution is 2.28. The number of ether oxygens (including phenoxy) is 1. The van der Waals surface area contributed by atoms with Gasteiger partial charge in [-0.2, -0.15) is 0 Å². The van der Waals surface area contributed by atoms with Crippen molar-refractivity contribution in [2.75, 3.05) is 37.0 Å². The number of carbonyl (C=O) groups excluding carboxylic acids is 1. The molecule has 0 saturated carbocycles. The van der Waals surface area contributed by atoms with Crippen molar-refractivity contribution in [3.63, 3.8) is 0 Å². The normalized spacial score (nSPS) is 14.5. The third-order valence-corrected chi connectivity index (χ3v) is 6.15. The quantitative estimate of drug-likeness (QED) is 0.723. The summed E-state index contributed by atoms with van der Waals surface area (Å²) < 4.78 is 6.23. The van der Waals surface area contributed by atoms with Gasteiger partial charge in [-0.3, -0.25) is 4.79 Å². The zero-order valence-electron chi connectivity index (χ0n) is 13.6. The molecule has 3 rings (SSSR count). The first-order chi connectivity index (χ1) is 12.2. The number of hydrogen-bond acceptors (Lipinski definition) is 7.